The summed E-state index contributed by atoms with van der Waals surface area (Å²) in [7, 11) is -2.86. The van der Waals surface area contributed by atoms with E-state index in [-0.39, 0.29) is 0 Å². The van der Waals surface area contributed by atoms with Gasteiger partial charge in [-0.3, -0.25) is 0 Å². The number of sulfone groups is 1. The smallest absolute Gasteiger partial charge is 0.150 e. The highest BCUT2D eigenvalue weighted by Crippen LogP contribution is 2.45. The average molecular weight is 375 g/mol. The van der Waals surface area contributed by atoms with E-state index in [1.54, 1.807) is 0 Å². The van der Waals surface area contributed by atoms with E-state index in [0.29, 0.717) is 22.3 Å². The summed E-state index contributed by atoms with van der Waals surface area (Å²) in [5.41, 5.74) is 0.778. The summed E-state index contributed by atoms with van der Waals surface area (Å²) in [5.74, 6) is 2.07. The Morgan fingerprint density at radius 3 is 2.08 bits per heavy atom. The van der Waals surface area contributed by atoms with E-state index in [1.165, 1.54) is 70.0 Å². The van der Waals surface area contributed by atoms with E-state index in [4.69, 9.17) is 0 Å². The summed E-state index contributed by atoms with van der Waals surface area (Å²) in [6, 6.07) is 0. The van der Waals surface area contributed by atoms with Gasteiger partial charge in [0.05, 0.1) is 11.5 Å². The molecule has 2 aliphatic carbocycles. The maximum absolute atomic E-state index is 12.5. The van der Waals surface area contributed by atoms with Gasteiger partial charge < -0.3 is 0 Å². The van der Waals surface area contributed by atoms with Gasteiger partial charge in [0.15, 0.2) is 0 Å². The fourth-order valence-electron chi connectivity index (χ4n) is 5.01. The van der Waals surface area contributed by atoms with Gasteiger partial charge in [0.2, 0.25) is 0 Å². The molecule has 2 saturated carbocycles. The summed E-state index contributed by atoms with van der Waals surface area (Å²) in [6.07, 6.45) is 17.9. The van der Waals surface area contributed by atoms with Gasteiger partial charge in [0.1, 0.15) is 9.84 Å². The second-order valence-corrected chi connectivity index (χ2v) is 12.1. The first-order valence-corrected chi connectivity index (χ1v) is 13.3. The van der Waals surface area contributed by atoms with Crippen LogP contribution in [0.2, 0.25) is 0 Å². The van der Waals surface area contributed by atoms with Crippen molar-refractivity contribution in [3.8, 4) is 0 Å². The molecule has 0 aromatic carbocycles. The summed E-state index contributed by atoms with van der Waals surface area (Å²) < 4.78 is 25.1. The topological polar surface area (TPSA) is 34.1 Å². The maximum atomic E-state index is 12.5. The van der Waals surface area contributed by atoms with Crippen LogP contribution in [0, 0.1) is 10.8 Å². The molecular weight excluding hydrogens is 336 g/mol. The van der Waals surface area contributed by atoms with Crippen molar-refractivity contribution in [3.63, 3.8) is 0 Å². The molecule has 0 saturated heterocycles. The molecule has 2 nitrogen and oxygen atoms in total. The molecule has 0 unspecified atom stereocenters. The van der Waals surface area contributed by atoms with Crippen LogP contribution in [0.5, 0.6) is 0 Å². The predicted octanol–water partition coefficient (Wildman–Crippen LogP) is 5.86. The normalized spacial score (nSPS) is 22.9. The first-order chi connectivity index (χ1) is 11.4. The van der Waals surface area contributed by atoms with E-state index in [9.17, 15) is 8.42 Å². The third-order valence-electron chi connectivity index (χ3n) is 6.71. The number of rotatable bonds is 11. The van der Waals surface area contributed by atoms with Gasteiger partial charge in [-0.2, -0.15) is 11.8 Å². The van der Waals surface area contributed by atoms with Crippen LogP contribution in [-0.2, 0) is 9.84 Å². The van der Waals surface area contributed by atoms with Crippen molar-refractivity contribution in [2.45, 2.75) is 90.4 Å². The zero-order valence-corrected chi connectivity index (χ0v) is 17.6. The molecular formula is C20H38O2S2. The van der Waals surface area contributed by atoms with E-state index >= 15 is 0 Å². The summed E-state index contributed by atoms with van der Waals surface area (Å²) in [5, 5.41) is 0. The SMILES string of the molecule is CSCCCC1(CCS(=O)(=O)CCCC2(C)CCCC2)CCCC1. The van der Waals surface area contributed by atoms with Gasteiger partial charge in [-0.15, -0.1) is 0 Å². The number of hydrogen-bond donors (Lipinski definition) is 0. The lowest BCUT2D eigenvalue weighted by Gasteiger charge is -2.29. The minimum Gasteiger partial charge on any atom is -0.229 e. The third kappa shape index (κ3) is 6.55. The molecule has 0 heterocycles. The van der Waals surface area contributed by atoms with Crippen molar-refractivity contribution in [2.24, 2.45) is 10.8 Å². The van der Waals surface area contributed by atoms with Gasteiger partial charge in [-0.1, -0.05) is 32.6 Å². The second kappa shape index (κ2) is 9.30. The predicted molar refractivity (Wildman–Crippen MR) is 108 cm³/mol. The summed E-state index contributed by atoms with van der Waals surface area (Å²) in [6.45, 7) is 2.35. The Morgan fingerprint density at radius 1 is 0.833 bits per heavy atom. The molecule has 0 aromatic rings. The highest BCUT2D eigenvalue weighted by molar-refractivity contribution is 7.98. The number of thioether (sulfide) groups is 1. The first-order valence-electron chi connectivity index (χ1n) is 10.1. The fraction of sp³-hybridized carbons (Fsp3) is 1.00. The zero-order valence-electron chi connectivity index (χ0n) is 15.9. The van der Waals surface area contributed by atoms with Crippen molar-refractivity contribution in [2.75, 3.05) is 23.5 Å². The van der Waals surface area contributed by atoms with Crippen molar-refractivity contribution in [1.82, 2.24) is 0 Å². The molecule has 2 fully saturated rings. The largest absolute Gasteiger partial charge is 0.229 e. The number of hydrogen-bond acceptors (Lipinski definition) is 3. The van der Waals surface area contributed by atoms with Crippen molar-refractivity contribution >= 4 is 21.6 Å². The quantitative estimate of drug-likeness (QED) is 0.425. The van der Waals surface area contributed by atoms with Crippen molar-refractivity contribution < 1.29 is 8.42 Å². The van der Waals surface area contributed by atoms with Crippen LogP contribution < -0.4 is 0 Å². The van der Waals surface area contributed by atoms with Crippen LogP contribution in [0.25, 0.3) is 0 Å². The van der Waals surface area contributed by atoms with Crippen LogP contribution >= 0.6 is 11.8 Å². The third-order valence-corrected chi connectivity index (χ3v) is 9.14. The van der Waals surface area contributed by atoms with E-state index in [0.717, 1.165) is 19.3 Å². The lowest BCUT2D eigenvalue weighted by Crippen LogP contribution is -2.23. The molecule has 0 aliphatic heterocycles. The summed E-state index contributed by atoms with van der Waals surface area (Å²) in [4.78, 5) is 0. The Kier molecular flexibility index (Phi) is 7.99. The molecule has 0 radical (unpaired) electrons. The molecule has 4 heteroatoms. The lowest BCUT2D eigenvalue weighted by atomic mass is 9.79. The van der Waals surface area contributed by atoms with Gasteiger partial charge in [-0.05, 0) is 80.6 Å². The van der Waals surface area contributed by atoms with Gasteiger partial charge in [0.25, 0.3) is 0 Å². The Labute approximate surface area is 154 Å². The van der Waals surface area contributed by atoms with E-state index in [1.807, 2.05) is 11.8 Å². The van der Waals surface area contributed by atoms with Crippen molar-refractivity contribution in [1.29, 1.82) is 0 Å². The van der Waals surface area contributed by atoms with E-state index in [2.05, 4.69) is 13.2 Å². The van der Waals surface area contributed by atoms with Crippen LogP contribution in [0.3, 0.4) is 0 Å². The average Bonchev–Trinajstić information content (AvgIpc) is 3.16. The lowest BCUT2D eigenvalue weighted by molar-refractivity contribution is 0.259. The summed E-state index contributed by atoms with van der Waals surface area (Å²) >= 11 is 1.91. The molecule has 142 valence electrons. The monoisotopic (exact) mass is 374 g/mol. The van der Waals surface area contributed by atoms with Crippen LogP contribution in [0.1, 0.15) is 90.4 Å². The van der Waals surface area contributed by atoms with E-state index < -0.39 is 9.84 Å². The van der Waals surface area contributed by atoms with Gasteiger partial charge in [-0.25, -0.2) is 8.42 Å². The maximum Gasteiger partial charge on any atom is 0.150 e. The Balaban J connectivity index is 1.75. The first kappa shape index (κ1) is 20.6. The highest BCUT2D eigenvalue weighted by atomic mass is 32.2. The van der Waals surface area contributed by atoms with Gasteiger partial charge >= 0.3 is 0 Å². The molecule has 0 atom stereocenters. The Hall–Kier alpha value is 0.300. The minimum atomic E-state index is -2.86. The second-order valence-electron chi connectivity index (χ2n) is 8.83. The Morgan fingerprint density at radius 2 is 1.46 bits per heavy atom. The minimum absolute atomic E-state index is 0.347. The van der Waals surface area contributed by atoms with Crippen LogP contribution in [0.15, 0.2) is 0 Å². The molecule has 0 aromatic heterocycles. The highest BCUT2D eigenvalue weighted by Gasteiger charge is 2.34. The molecule has 0 amide bonds. The van der Waals surface area contributed by atoms with Crippen molar-refractivity contribution in [3.05, 3.63) is 0 Å². The molecule has 0 N–H and O–H groups in total. The standard InChI is InChI=1S/C20H38O2S2/c1-19(9-3-4-10-19)11-8-17-24(21,22)18-15-20(12-5-6-13-20)14-7-16-23-2/h3-18H2,1-2H3. The molecule has 2 rings (SSSR count). The molecule has 2 aliphatic rings. The van der Waals surface area contributed by atoms with Crippen LogP contribution in [0.4, 0.5) is 0 Å². The Bertz CT molecular complexity index is 458. The molecule has 24 heavy (non-hydrogen) atoms. The zero-order chi connectivity index (χ0) is 17.5. The van der Waals surface area contributed by atoms with Gasteiger partial charge in [0, 0.05) is 0 Å². The fourth-order valence-corrected chi connectivity index (χ4v) is 6.98. The molecule has 0 spiro atoms. The van der Waals surface area contributed by atoms with Crippen LogP contribution in [-0.4, -0.2) is 31.9 Å². The molecule has 0 bridgehead atoms.